The standard InChI is InChI=1S/C22H24N6O6S/c1-2-16(26-22(24)25)19-14-9-8-12(10-15(14)20(30)27-19)21(31)34-18(29)11-17(23)28-35(32,33)13-6-4-3-5-7-13/h3-10,16-17,28H,2,11,23H2,1H3,(H4,24,25,26)/t16?,17-/m0/s1. The van der Waals surface area contributed by atoms with E-state index in [1.54, 1.807) is 6.07 Å². The van der Waals surface area contributed by atoms with Crippen LogP contribution in [0.5, 0.6) is 0 Å². The van der Waals surface area contributed by atoms with Crippen molar-refractivity contribution in [3.8, 4) is 0 Å². The molecule has 2 aromatic rings. The number of nitrogens with zero attached hydrogens (tertiary/aromatic N) is 1. The number of hydrogen-bond acceptors (Lipinski definition) is 8. The van der Waals surface area contributed by atoms with Crippen LogP contribution in [0.4, 0.5) is 0 Å². The highest BCUT2D eigenvalue weighted by atomic mass is 32.2. The molecule has 1 heterocycles. The van der Waals surface area contributed by atoms with Gasteiger partial charge in [-0.2, -0.15) is 4.72 Å². The molecule has 12 nitrogen and oxygen atoms in total. The Morgan fingerprint density at radius 1 is 1.14 bits per heavy atom. The molecule has 1 aliphatic rings. The zero-order valence-corrected chi connectivity index (χ0v) is 19.5. The summed E-state index contributed by atoms with van der Waals surface area (Å²) in [5.74, 6) is -2.95. The molecule has 0 saturated heterocycles. The van der Waals surface area contributed by atoms with Crippen LogP contribution < -0.4 is 21.5 Å². The van der Waals surface area contributed by atoms with Crippen LogP contribution in [0, 0.1) is 5.41 Å². The van der Waals surface area contributed by atoms with Gasteiger partial charge in [-0.05, 0) is 30.7 Å². The summed E-state index contributed by atoms with van der Waals surface area (Å²) in [6.07, 6.45) is -1.44. The number of hydrogen-bond donors (Lipinski definition) is 5. The zero-order chi connectivity index (χ0) is 25.8. The lowest BCUT2D eigenvalue weighted by Crippen LogP contribution is -2.43. The molecular formula is C22H24N6O6S. The van der Waals surface area contributed by atoms with Gasteiger partial charge in [-0.3, -0.25) is 15.0 Å². The molecule has 0 radical (unpaired) electrons. The number of rotatable bonds is 9. The van der Waals surface area contributed by atoms with E-state index in [0.717, 1.165) is 0 Å². The number of aliphatic imine (C=N–C) groups is 1. The Kier molecular flexibility index (Phi) is 7.74. The van der Waals surface area contributed by atoms with E-state index in [0.29, 0.717) is 17.7 Å². The molecule has 1 unspecified atom stereocenters. The van der Waals surface area contributed by atoms with E-state index in [2.05, 4.69) is 15.0 Å². The number of sulfonamides is 1. The van der Waals surface area contributed by atoms with Crippen molar-refractivity contribution in [2.24, 2.45) is 16.5 Å². The lowest BCUT2D eigenvalue weighted by molar-refractivity contribution is -0.138. The minimum atomic E-state index is -3.97. The Labute approximate surface area is 201 Å². The van der Waals surface area contributed by atoms with Crippen molar-refractivity contribution < 1.29 is 27.5 Å². The monoisotopic (exact) mass is 500 g/mol. The Bertz CT molecular complexity index is 1310. The average Bonchev–Trinajstić information content (AvgIpc) is 3.13. The molecule has 3 rings (SSSR count). The van der Waals surface area contributed by atoms with Crippen molar-refractivity contribution in [1.29, 1.82) is 5.41 Å². The van der Waals surface area contributed by atoms with Gasteiger partial charge in [0.15, 0.2) is 5.96 Å². The van der Waals surface area contributed by atoms with Crippen molar-refractivity contribution in [3.05, 3.63) is 65.2 Å². The van der Waals surface area contributed by atoms with Crippen molar-refractivity contribution in [1.82, 2.24) is 10.0 Å². The van der Waals surface area contributed by atoms with E-state index in [1.807, 2.05) is 6.92 Å². The van der Waals surface area contributed by atoms with Gasteiger partial charge < -0.3 is 21.5 Å². The molecule has 1 aliphatic heterocycles. The average molecular weight is 501 g/mol. The summed E-state index contributed by atoms with van der Waals surface area (Å²) in [5.41, 5.74) is 12.0. The number of carbonyl (C=O) groups is 3. The Morgan fingerprint density at radius 2 is 1.83 bits per heavy atom. The minimum Gasteiger partial charge on any atom is -0.389 e. The van der Waals surface area contributed by atoms with E-state index in [4.69, 9.17) is 21.6 Å². The van der Waals surface area contributed by atoms with Crippen molar-refractivity contribution in [3.63, 3.8) is 0 Å². The molecule has 2 atom stereocenters. The fraction of sp³-hybridized carbons (Fsp3) is 0.227. The van der Waals surface area contributed by atoms with Crippen LogP contribution in [0.2, 0.25) is 0 Å². The Hall–Kier alpha value is -3.94. The number of amides is 1. The summed E-state index contributed by atoms with van der Waals surface area (Å²) in [4.78, 5) is 40.9. The molecule has 0 spiro atoms. The largest absolute Gasteiger partial charge is 0.389 e. The fourth-order valence-corrected chi connectivity index (χ4v) is 4.54. The number of nitrogens with two attached hydrogens (primary N) is 2. The second-order valence-corrected chi connectivity index (χ2v) is 9.30. The van der Waals surface area contributed by atoms with Crippen LogP contribution in [-0.2, 0) is 19.6 Å². The summed E-state index contributed by atoms with van der Waals surface area (Å²) in [6.45, 7) is 1.83. The molecule has 0 fully saturated rings. The number of esters is 2. The highest BCUT2D eigenvalue weighted by Crippen LogP contribution is 2.23. The van der Waals surface area contributed by atoms with Crippen molar-refractivity contribution >= 4 is 39.5 Å². The summed E-state index contributed by atoms with van der Waals surface area (Å²) < 4.78 is 31.5. The molecule has 0 aliphatic carbocycles. The molecule has 7 N–H and O–H groups in total. The van der Waals surface area contributed by atoms with Crippen LogP contribution in [0.15, 0.2) is 58.4 Å². The fourth-order valence-electron chi connectivity index (χ4n) is 3.41. The van der Waals surface area contributed by atoms with Crippen LogP contribution in [0.25, 0.3) is 0 Å². The number of ether oxygens (including phenoxy) is 1. The molecule has 2 aromatic carbocycles. The highest BCUT2D eigenvalue weighted by Gasteiger charge is 2.30. The van der Waals surface area contributed by atoms with E-state index in [-0.39, 0.29) is 22.0 Å². The normalized spacial score (nSPS) is 14.5. The number of benzene rings is 2. The molecule has 35 heavy (non-hydrogen) atoms. The molecule has 0 bridgehead atoms. The van der Waals surface area contributed by atoms with Crippen LogP contribution in [-0.4, -0.2) is 50.1 Å². The SMILES string of the molecule is CCC(NC(=N)N)C1=NC(=O)c2cc(C(=O)OC(=O)C[C@@H](N)NS(=O)(=O)c3ccccc3)ccc21. The second kappa shape index (κ2) is 10.5. The van der Waals surface area contributed by atoms with Gasteiger partial charge in [0.2, 0.25) is 10.0 Å². The first-order chi connectivity index (χ1) is 16.5. The first-order valence-electron chi connectivity index (χ1n) is 10.5. The van der Waals surface area contributed by atoms with Crippen LogP contribution >= 0.6 is 0 Å². The van der Waals surface area contributed by atoms with Gasteiger partial charge in [-0.1, -0.05) is 31.2 Å². The Balaban J connectivity index is 1.65. The maximum Gasteiger partial charge on any atom is 0.345 e. The summed E-state index contributed by atoms with van der Waals surface area (Å²) in [6, 6.07) is 11.1. The molecule has 0 saturated carbocycles. The third kappa shape index (κ3) is 6.15. The van der Waals surface area contributed by atoms with Gasteiger partial charge >= 0.3 is 11.9 Å². The van der Waals surface area contributed by atoms with Crippen LogP contribution in [0.3, 0.4) is 0 Å². The number of carbonyl (C=O) groups excluding carboxylic acids is 3. The predicted molar refractivity (Wildman–Crippen MR) is 126 cm³/mol. The van der Waals surface area contributed by atoms with Gasteiger partial charge in [-0.25, -0.2) is 18.2 Å². The lowest BCUT2D eigenvalue weighted by atomic mass is 9.97. The van der Waals surface area contributed by atoms with Crippen molar-refractivity contribution in [2.45, 2.75) is 36.9 Å². The first-order valence-corrected chi connectivity index (χ1v) is 12.0. The maximum absolute atomic E-state index is 12.4. The van der Waals surface area contributed by atoms with Gasteiger partial charge in [-0.15, -0.1) is 0 Å². The third-order valence-corrected chi connectivity index (χ3v) is 6.51. The van der Waals surface area contributed by atoms with E-state index in [9.17, 15) is 22.8 Å². The molecule has 13 heteroatoms. The van der Waals surface area contributed by atoms with Crippen molar-refractivity contribution in [2.75, 3.05) is 0 Å². The third-order valence-electron chi connectivity index (χ3n) is 5.00. The first kappa shape index (κ1) is 25.7. The maximum atomic E-state index is 12.4. The molecule has 1 amide bonds. The second-order valence-electron chi connectivity index (χ2n) is 7.59. The quantitative estimate of drug-likeness (QED) is 0.105. The summed E-state index contributed by atoms with van der Waals surface area (Å²) in [5, 5.41) is 10.1. The van der Waals surface area contributed by atoms with Gasteiger partial charge in [0.05, 0.1) is 40.4 Å². The summed E-state index contributed by atoms with van der Waals surface area (Å²) >= 11 is 0. The van der Waals surface area contributed by atoms with E-state index in [1.165, 1.54) is 42.5 Å². The smallest absolute Gasteiger partial charge is 0.345 e. The van der Waals surface area contributed by atoms with Gasteiger partial charge in [0.25, 0.3) is 5.91 Å². The van der Waals surface area contributed by atoms with E-state index >= 15 is 0 Å². The lowest BCUT2D eigenvalue weighted by Gasteiger charge is -2.17. The minimum absolute atomic E-state index is 0.0342. The zero-order valence-electron chi connectivity index (χ0n) is 18.6. The predicted octanol–water partition coefficient (Wildman–Crippen LogP) is 0.228. The number of guanidine groups is 1. The number of fused-ring (bicyclic) bond motifs is 1. The number of nitrogens with one attached hydrogen (secondary N) is 3. The molecular weight excluding hydrogens is 476 g/mol. The van der Waals surface area contributed by atoms with Crippen LogP contribution in [0.1, 0.15) is 46.0 Å². The molecule has 0 aromatic heterocycles. The Morgan fingerprint density at radius 3 is 2.46 bits per heavy atom. The van der Waals surface area contributed by atoms with E-state index < -0.39 is 46.5 Å². The van der Waals surface area contributed by atoms with Gasteiger partial charge in [0, 0.05) is 5.56 Å². The topological polar surface area (TPSA) is 207 Å². The summed E-state index contributed by atoms with van der Waals surface area (Å²) in [7, 11) is -3.97. The van der Waals surface area contributed by atoms with Gasteiger partial charge in [0.1, 0.15) is 0 Å². The molecule has 184 valence electrons. The highest BCUT2D eigenvalue weighted by molar-refractivity contribution is 7.89.